The Morgan fingerprint density at radius 1 is 0.923 bits per heavy atom. The van der Waals surface area contributed by atoms with Crippen LogP contribution in [0.5, 0.6) is 0 Å². The van der Waals surface area contributed by atoms with Gasteiger partial charge in [-0.3, -0.25) is 0 Å². The van der Waals surface area contributed by atoms with Crippen LogP contribution < -0.4 is 0 Å². The minimum Gasteiger partial charge on any atom is -0.241 e. The summed E-state index contributed by atoms with van der Waals surface area (Å²) < 4.78 is 22.7. The van der Waals surface area contributed by atoms with E-state index >= 15 is 0 Å². The Labute approximate surface area is 160 Å². The molecule has 4 aromatic rings. The maximum atomic E-state index is 11.3. The molecular formula is C20H14ClNO2S2. The highest BCUT2D eigenvalue weighted by molar-refractivity contribution is 8.13. The molecule has 130 valence electrons. The number of thiazole rings is 1. The molecule has 0 radical (unpaired) electrons. The Balaban J connectivity index is 1.57. The molecule has 26 heavy (non-hydrogen) atoms. The van der Waals surface area contributed by atoms with Crippen LogP contribution in [0.3, 0.4) is 0 Å². The molecule has 0 aliphatic rings. The molecule has 1 heterocycles. The van der Waals surface area contributed by atoms with Gasteiger partial charge in [0.25, 0.3) is 9.05 Å². The van der Waals surface area contributed by atoms with Crippen LogP contribution in [0.15, 0.2) is 77.0 Å². The Bertz CT molecular complexity index is 1180. The van der Waals surface area contributed by atoms with E-state index in [1.54, 1.807) is 23.5 Å². The van der Waals surface area contributed by atoms with Gasteiger partial charge in [0.1, 0.15) is 5.01 Å². The zero-order valence-corrected chi connectivity index (χ0v) is 16.0. The Morgan fingerprint density at radius 3 is 2.38 bits per heavy atom. The molecule has 0 amide bonds. The first-order valence-corrected chi connectivity index (χ1v) is 11.2. The van der Waals surface area contributed by atoms with Crippen LogP contribution in [0, 0.1) is 0 Å². The lowest BCUT2D eigenvalue weighted by Crippen LogP contribution is -1.90. The maximum absolute atomic E-state index is 11.3. The highest BCUT2D eigenvalue weighted by Gasteiger charge is 2.11. The van der Waals surface area contributed by atoms with E-state index in [9.17, 15) is 8.42 Å². The first-order valence-electron chi connectivity index (χ1n) is 7.96. The average molecular weight is 400 g/mol. The molecule has 3 nitrogen and oxygen atoms in total. The molecule has 1 aromatic heterocycles. The largest absolute Gasteiger partial charge is 0.261 e. The fourth-order valence-corrected chi connectivity index (χ4v) is 4.43. The molecule has 0 aliphatic heterocycles. The molecular weight excluding hydrogens is 386 g/mol. The first-order chi connectivity index (χ1) is 12.5. The molecule has 0 spiro atoms. The van der Waals surface area contributed by atoms with Gasteiger partial charge in [-0.15, -0.1) is 11.3 Å². The van der Waals surface area contributed by atoms with Gasteiger partial charge in [-0.2, -0.15) is 0 Å². The summed E-state index contributed by atoms with van der Waals surface area (Å²) in [5.41, 5.74) is 3.09. The normalized spacial score (nSPS) is 11.7. The van der Waals surface area contributed by atoms with Gasteiger partial charge in [-0.05, 0) is 28.5 Å². The molecule has 4 rings (SSSR count). The fraction of sp³-hybridized carbons (Fsp3) is 0.0500. The van der Waals surface area contributed by atoms with Gasteiger partial charge < -0.3 is 0 Å². The molecule has 3 aromatic carbocycles. The number of benzene rings is 3. The molecule has 0 aliphatic carbocycles. The van der Waals surface area contributed by atoms with Crippen LogP contribution in [-0.2, 0) is 15.5 Å². The van der Waals surface area contributed by atoms with E-state index < -0.39 is 9.05 Å². The Kier molecular flexibility index (Phi) is 4.53. The average Bonchev–Trinajstić information content (AvgIpc) is 3.09. The number of hydrogen-bond donors (Lipinski definition) is 0. The number of nitrogens with zero attached hydrogens (tertiary/aromatic N) is 1. The standard InChI is InChI=1S/C20H14ClNO2S2/c21-26(23,24)19-9-7-16(8-10-19)20-22-18(13-25-20)12-14-5-6-15-3-1-2-4-17(15)11-14/h1-11,13H,12H2. The summed E-state index contributed by atoms with van der Waals surface area (Å²) >= 11 is 1.55. The summed E-state index contributed by atoms with van der Waals surface area (Å²) in [6.45, 7) is 0. The summed E-state index contributed by atoms with van der Waals surface area (Å²) in [4.78, 5) is 4.78. The minimum atomic E-state index is -3.70. The van der Waals surface area contributed by atoms with Crippen molar-refractivity contribution in [2.45, 2.75) is 11.3 Å². The van der Waals surface area contributed by atoms with E-state index in [4.69, 9.17) is 10.7 Å². The summed E-state index contributed by atoms with van der Waals surface area (Å²) in [7, 11) is 1.65. The predicted molar refractivity (Wildman–Crippen MR) is 107 cm³/mol. The van der Waals surface area contributed by atoms with Crippen molar-refractivity contribution in [3.8, 4) is 10.6 Å². The van der Waals surface area contributed by atoms with Crippen molar-refractivity contribution in [3.63, 3.8) is 0 Å². The van der Waals surface area contributed by atoms with Crippen molar-refractivity contribution in [1.82, 2.24) is 4.98 Å². The zero-order valence-electron chi connectivity index (χ0n) is 13.6. The van der Waals surface area contributed by atoms with Gasteiger partial charge in [0.05, 0.1) is 10.6 Å². The van der Waals surface area contributed by atoms with Gasteiger partial charge in [-0.25, -0.2) is 13.4 Å². The molecule has 0 bridgehead atoms. The number of rotatable bonds is 4. The Morgan fingerprint density at radius 2 is 1.65 bits per heavy atom. The first kappa shape index (κ1) is 17.2. The molecule has 0 saturated heterocycles. The van der Waals surface area contributed by atoms with E-state index in [0.717, 1.165) is 22.7 Å². The SMILES string of the molecule is O=S(=O)(Cl)c1ccc(-c2nc(Cc3ccc4ccccc4c3)cs2)cc1. The van der Waals surface area contributed by atoms with Crippen molar-refractivity contribution >= 4 is 41.8 Å². The van der Waals surface area contributed by atoms with Crippen LogP contribution >= 0.6 is 22.0 Å². The van der Waals surface area contributed by atoms with Crippen LogP contribution in [0.4, 0.5) is 0 Å². The summed E-state index contributed by atoms with van der Waals surface area (Å²) in [5, 5.41) is 5.35. The molecule has 0 saturated carbocycles. The van der Waals surface area contributed by atoms with E-state index in [2.05, 4.69) is 35.3 Å². The molecule has 0 fully saturated rings. The third kappa shape index (κ3) is 3.65. The van der Waals surface area contributed by atoms with Gasteiger partial charge in [0.15, 0.2) is 0 Å². The van der Waals surface area contributed by atoms with Crippen molar-refractivity contribution in [1.29, 1.82) is 0 Å². The lowest BCUT2D eigenvalue weighted by Gasteiger charge is -2.02. The van der Waals surface area contributed by atoms with Crippen LogP contribution in [-0.4, -0.2) is 13.4 Å². The van der Waals surface area contributed by atoms with Gasteiger partial charge in [0.2, 0.25) is 0 Å². The lowest BCUT2D eigenvalue weighted by molar-refractivity contribution is 0.609. The second kappa shape index (κ2) is 6.83. The van der Waals surface area contributed by atoms with E-state index in [0.29, 0.717) is 0 Å². The van der Waals surface area contributed by atoms with Crippen molar-refractivity contribution in [2.24, 2.45) is 0 Å². The number of halogens is 1. The van der Waals surface area contributed by atoms with Gasteiger partial charge >= 0.3 is 0 Å². The van der Waals surface area contributed by atoms with E-state index in [1.807, 2.05) is 17.5 Å². The monoisotopic (exact) mass is 399 g/mol. The molecule has 0 atom stereocenters. The summed E-state index contributed by atoms with van der Waals surface area (Å²) in [6, 6.07) is 21.2. The Hall–Kier alpha value is -2.21. The highest BCUT2D eigenvalue weighted by atomic mass is 35.7. The van der Waals surface area contributed by atoms with Gasteiger partial charge in [0, 0.05) is 28.0 Å². The van der Waals surface area contributed by atoms with Crippen molar-refractivity contribution < 1.29 is 8.42 Å². The van der Waals surface area contributed by atoms with Crippen LogP contribution in [0.25, 0.3) is 21.3 Å². The van der Waals surface area contributed by atoms with E-state index in [-0.39, 0.29) is 4.90 Å². The zero-order chi connectivity index (χ0) is 18.1. The summed E-state index contributed by atoms with van der Waals surface area (Å²) in [5.74, 6) is 0. The highest BCUT2D eigenvalue weighted by Crippen LogP contribution is 2.27. The van der Waals surface area contributed by atoms with Crippen molar-refractivity contribution in [3.05, 3.63) is 83.4 Å². The van der Waals surface area contributed by atoms with Crippen LogP contribution in [0.2, 0.25) is 0 Å². The molecule has 0 N–H and O–H groups in total. The fourth-order valence-electron chi connectivity index (χ4n) is 2.84. The smallest absolute Gasteiger partial charge is 0.241 e. The van der Waals surface area contributed by atoms with Gasteiger partial charge in [-0.1, -0.05) is 54.6 Å². The number of hydrogen-bond acceptors (Lipinski definition) is 4. The predicted octanol–water partition coefficient (Wildman–Crippen LogP) is 5.48. The quantitative estimate of drug-likeness (QED) is 0.427. The summed E-state index contributed by atoms with van der Waals surface area (Å²) in [6.07, 6.45) is 0.759. The lowest BCUT2D eigenvalue weighted by atomic mass is 10.0. The second-order valence-electron chi connectivity index (χ2n) is 5.96. The van der Waals surface area contributed by atoms with Crippen LogP contribution in [0.1, 0.15) is 11.3 Å². The second-order valence-corrected chi connectivity index (χ2v) is 9.39. The minimum absolute atomic E-state index is 0.0934. The number of aromatic nitrogens is 1. The molecule has 0 unspecified atom stereocenters. The third-order valence-electron chi connectivity index (χ3n) is 4.13. The molecule has 6 heteroatoms. The topological polar surface area (TPSA) is 47.0 Å². The van der Waals surface area contributed by atoms with Crippen molar-refractivity contribution in [2.75, 3.05) is 0 Å². The third-order valence-corrected chi connectivity index (χ3v) is 6.44. The maximum Gasteiger partial charge on any atom is 0.261 e. The van der Waals surface area contributed by atoms with E-state index in [1.165, 1.54) is 28.5 Å². The number of fused-ring (bicyclic) bond motifs is 1.